The fourth-order valence-electron chi connectivity index (χ4n) is 2.36. The lowest BCUT2D eigenvalue weighted by Crippen LogP contribution is -2.23. The third kappa shape index (κ3) is 17.0. The van der Waals surface area contributed by atoms with Gasteiger partial charge < -0.3 is 10.7 Å². The van der Waals surface area contributed by atoms with Gasteiger partial charge in [-0.1, -0.05) is 58.3 Å². The Morgan fingerprint density at radius 3 is 2.32 bits per heavy atom. The largest absolute Gasteiger partial charge is 0.356 e. The predicted octanol–water partition coefficient (Wildman–Crippen LogP) is 3.30. The molecule has 0 aliphatic rings. The number of nitrogens with zero attached hydrogens (tertiary/aromatic N) is 1. The van der Waals surface area contributed by atoms with Gasteiger partial charge in [-0.15, -0.1) is 0 Å². The van der Waals surface area contributed by atoms with Crippen LogP contribution in [0.25, 0.3) is 0 Å². The number of hydrazine groups is 1. The minimum Gasteiger partial charge on any atom is -0.356 e. The number of rotatable bonds is 16. The Labute approximate surface area is 136 Å². The molecule has 0 saturated carbocycles. The summed E-state index contributed by atoms with van der Waals surface area (Å²) in [6.07, 6.45) is 15.4. The topological polar surface area (TPSA) is 79.5 Å². The van der Waals surface area contributed by atoms with Crippen LogP contribution in [0.5, 0.6) is 0 Å². The molecule has 130 valence electrons. The van der Waals surface area contributed by atoms with Gasteiger partial charge in [0.05, 0.1) is 6.34 Å². The van der Waals surface area contributed by atoms with Gasteiger partial charge in [0.1, 0.15) is 0 Å². The molecule has 0 spiro atoms. The number of hydrogen-bond acceptors (Lipinski definition) is 3. The van der Waals surface area contributed by atoms with Crippen LogP contribution in [0.3, 0.4) is 0 Å². The van der Waals surface area contributed by atoms with E-state index in [1.54, 1.807) is 0 Å². The smallest absolute Gasteiger partial charge is 0.219 e. The summed E-state index contributed by atoms with van der Waals surface area (Å²) in [5, 5.41) is 3.01. The normalized spacial score (nSPS) is 11.0. The summed E-state index contributed by atoms with van der Waals surface area (Å²) in [4.78, 5) is 15.7. The van der Waals surface area contributed by atoms with E-state index in [-0.39, 0.29) is 5.91 Å². The van der Waals surface area contributed by atoms with Crippen LogP contribution in [-0.2, 0) is 4.79 Å². The van der Waals surface area contributed by atoms with E-state index in [4.69, 9.17) is 5.84 Å². The van der Waals surface area contributed by atoms with Crippen LogP contribution in [0.15, 0.2) is 4.99 Å². The van der Waals surface area contributed by atoms with E-state index in [0.717, 1.165) is 45.2 Å². The number of carbonyl (C=O) groups is 1. The van der Waals surface area contributed by atoms with Crippen molar-refractivity contribution in [3.8, 4) is 0 Å². The molecule has 0 aromatic heterocycles. The highest BCUT2D eigenvalue weighted by atomic mass is 16.1. The molecule has 0 fully saturated rings. The molecule has 5 nitrogen and oxygen atoms in total. The molecule has 0 aliphatic carbocycles. The molecule has 0 bridgehead atoms. The number of carbonyl (C=O) groups excluding carboxylic acids is 1. The van der Waals surface area contributed by atoms with Gasteiger partial charge in [0.15, 0.2) is 0 Å². The predicted molar refractivity (Wildman–Crippen MR) is 94.8 cm³/mol. The lowest BCUT2D eigenvalue weighted by atomic mass is 10.1. The highest BCUT2D eigenvalue weighted by Gasteiger charge is 2.00. The van der Waals surface area contributed by atoms with Gasteiger partial charge in [-0.3, -0.25) is 9.79 Å². The van der Waals surface area contributed by atoms with E-state index in [2.05, 4.69) is 22.7 Å². The number of aliphatic imine (C=N–C) groups is 1. The minimum atomic E-state index is 0.215. The zero-order valence-electron chi connectivity index (χ0n) is 14.4. The van der Waals surface area contributed by atoms with E-state index in [9.17, 15) is 4.79 Å². The van der Waals surface area contributed by atoms with Crippen LogP contribution in [0.1, 0.15) is 84.0 Å². The van der Waals surface area contributed by atoms with Crippen molar-refractivity contribution in [1.82, 2.24) is 10.7 Å². The van der Waals surface area contributed by atoms with E-state index < -0.39 is 0 Å². The van der Waals surface area contributed by atoms with Crippen molar-refractivity contribution in [2.24, 2.45) is 10.8 Å². The Morgan fingerprint density at radius 1 is 0.955 bits per heavy atom. The monoisotopic (exact) mass is 312 g/mol. The van der Waals surface area contributed by atoms with Crippen molar-refractivity contribution in [2.45, 2.75) is 84.0 Å². The Kier molecular flexibility index (Phi) is 17.1. The molecule has 0 aromatic carbocycles. The Balaban J connectivity index is 3.17. The molecule has 4 N–H and O–H groups in total. The van der Waals surface area contributed by atoms with E-state index >= 15 is 0 Å². The maximum atomic E-state index is 11.6. The molecule has 22 heavy (non-hydrogen) atoms. The lowest BCUT2D eigenvalue weighted by molar-refractivity contribution is -0.121. The van der Waals surface area contributed by atoms with Crippen molar-refractivity contribution in [3.63, 3.8) is 0 Å². The SMILES string of the molecule is CCCCCCCCCC(=O)NCCCCCCN=CNN. The Bertz CT molecular complexity index is 269. The van der Waals surface area contributed by atoms with Crippen LogP contribution in [0.4, 0.5) is 0 Å². The van der Waals surface area contributed by atoms with Crippen molar-refractivity contribution in [3.05, 3.63) is 0 Å². The molecular formula is C17H36N4O. The second-order valence-corrected chi connectivity index (χ2v) is 5.84. The highest BCUT2D eigenvalue weighted by molar-refractivity contribution is 5.75. The molecule has 0 aliphatic heterocycles. The molecule has 0 atom stereocenters. The first-order valence-corrected chi connectivity index (χ1v) is 9.02. The quantitative estimate of drug-likeness (QED) is 0.134. The molecule has 1 amide bonds. The van der Waals surface area contributed by atoms with Gasteiger partial charge in [-0.25, -0.2) is 5.84 Å². The zero-order valence-corrected chi connectivity index (χ0v) is 14.4. The zero-order chi connectivity index (χ0) is 16.3. The minimum absolute atomic E-state index is 0.215. The number of amides is 1. The molecule has 5 heteroatoms. The Hall–Kier alpha value is -1.10. The van der Waals surface area contributed by atoms with Crippen LogP contribution >= 0.6 is 0 Å². The highest BCUT2D eigenvalue weighted by Crippen LogP contribution is 2.08. The molecule has 0 unspecified atom stereocenters. The second kappa shape index (κ2) is 18.0. The van der Waals surface area contributed by atoms with E-state index in [0.29, 0.717) is 6.42 Å². The molecule has 0 aromatic rings. The summed E-state index contributed by atoms with van der Waals surface area (Å²) < 4.78 is 0. The summed E-state index contributed by atoms with van der Waals surface area (Å²) >= 11 is 0. The summed E-state index contributed by atoms with van der Waals surface area (Å²) in [6.45, 7) is 3.86. The molecule has 0 rings (SSSR count). The standard InChI is InChI=1S/C17H36N4O/c1-2-3-4-5-6-7-10-13-17(22)20-15-12-9-8-11-14-19-16-21-18/h16H,2-15,18H2,1H3,(H,19,21)(H,20,22). The summed E-state index contributed by atoms with van der Waals surface area (Å²) in [5.41, 5.74) is 2.39. The summed E-state index contributed by atoms with van der Waals surface area (Å²) in [5.74, 6) is 5.28. The Morgan fingerprint density at radius 2 is 1.59 bits per heavy atom. The van der Waals surface area contributed by atoms with Crippen LogP contribution in [0, 0.1) is 0 Å². The maximum absolute atomic E-state index is 11.6. The number of hydrogen-bond donors (Lipinski definition) is 3. The van der Waals surface area contributed by atoms with E-state index in [1.807, 2.05) is 0 Å². The maximum Gasteiger partial charge on any atom is 0.219 e. The average molecular weight is 313 g/mol. The van der Waals surface area contributed by atoms with Gasteiger partial charge in [-0.2, -0.15) is 0 Å². The number of nitrogens with two attached hydrogens (primary N) is 1. The van der Waals surface area contributed by atoms with Crippen LogP contribution in [-0.4, -0.2) is 25.3 Å². The average Bonchev–Trinajstić information content (AvgIpc) is 2.52. The summed E-state index contributed by atoms with van der Waals surface area (Å²) in [6, 6.07) is 0. The second-order valence-electron chi connectivity index (χ2n) is 5.84. The van der Waals surface area contributed by atoms with Crippen molar-refractivity contribution in [2.75, 3.05) is 13.1 Å². The first-order chi connectivity index (χ1) is 10.8. The van der Waals surface area contributed by atoms with Crippen molar-refractivity contribution >= 4 is 12.2 Å². The molecule has 0 heterocycles. The number of unbranched alkanes of at least 4 members (excludes halogenated alkanes) is 9. The first-order valence-electron chi connectivity index (χ1n) is 9.02. The first kappa shape index (κ1) is 20.9. The number of nitrogens with one attached hydrogen (secondary N) is 2. The lowest BCUT2D eigenvalue weighted by Gasteiger charge is -2.05. The van der Waals surface area contributed by atoms with Crippen LogP contribution in [0.2, 0.25) is 0 Å². The van der Waals surface area contributed by atoms with Crippen molar-refractivity contribution < 1.29 is 4.79 Å². The van der Waals surface area contributed by atoms with Crippen LogP contribution < -0.4 is 16.6 Å². The molecular weight excluding hydrogens is 276 g/mol. The molecule has 0 radical (unpaired) electrons. The van der Waals surface area contributed by atoms with E-state index in [1.165, 1.54) is 44.9 Å². The van der Waals surface area contributed by atoms with Gasteiger partial charge in [-0.05, 0) is 19.3 Å². The molecule has 0 saturated heterocycles. The van der Waals surface area contributed by atoms with Gasteiger partial charge in [0.25, 0.3) is 0 Å². The summed E-state index contributed by atoms with van der Waals surface area (Å²) in [7, 11) is 0. The third-order valence-electron chi connectivity index (χ3n) is 3.71. The third-order valence-corrected chi connectivity index (χ3v) is 3.71. The fourth-order valence-corrected chi connectivity index (χ4v) is 2.36. The van der Waals surface area contributed by atoms with Crippen molar-refractivity contribution in [1.29, 1.82) is 0 Å². The van der Waals surface area contributed by atoms with Gasteiger partial charge in [0.2, 0.25) is 5.91 Å². The fraction of sp³-hybridized carbons (Fsp3) is 0.882. The van der Waals surface area contributed by atoms with Gasteiger partial charge >= 0.3 is 0 Å². The van der Waals surface area contributed by atoms with Gasteiger partial charge in [0, 0.05) is 19.5 Å².